The molecule has 94 valence electrons. The van der Waals surface area contributed by atoms with Gasteiger partial charge < -0.3 is 4.90 Å². The van der Waals surface area contributed by atoms with Gasteiger partial charge in [0.1, 0.15) is 0 Å². The van der Waals surface area contributed by atoms with E-state index < -0.39 is 0 Å². The number of benzene rings is 1. The smallest absolute Gasteiger partial charge is 0.227 e. The third kappa shape index (κ3) is 3.43. The quantitative estimate of drug-likeness (QED) is 0.839. The molecule has 0 radical (unpaired) electrons. The summed E-state index contributed by atoms with van der Waals surface area (Å²) in [6.07, 6.45) is 0.485. The van der Waals surface area contributed by atoms with Crippen LogP contribution in [0.4, 0.5) is 0 Å². The lowest BCUT2D eigenvalue weighted by molar-refractivity contribution is -0.129. The van der Waals surface area contributed by atoms with Gasteiger partial charge >= 0.3 is 0 Å². The van der Waals surface area contributed by atoms with E-state index in [0.717, 1.165) is 14.9 Å². The predicted molar refractivity (Wildman–Crippen MR) is 78.6 cm³/mol. The molecular weight excluding hydrogens is 310 g/mol. The van der Waals surface area contributed by atoms with Crippen molar-refractivity contribution in [1.29, 1.82) is 0 Å². The van der Waals surface area contributed by atoms with Gasteiger partial charge in [0.25, 0.3) is 0 Å². The van der Waals surface area contributed by atoms with Crippen molar-refractivity contribution in [1.82, 2.24) is 4.90 Å². The lowest BCUT2D eigenvalue weighted by Crippen LogP contribution is -2.27. The zero-order valence-corrected chi connectivity index (χ0v) is 12.5. The molecule has 2 nitrogen and oxygen atoms in total. The summed E-state index contributed by atoms with van der Waals surface area (Å²) in [4.78, 5) is 14.9. The Balaban J connectivity index is 1.97. The van der Waals surface area contributed by atoms with E-state index in [1.807, 2.05) is 48.8 Å². The van der Waals surface area contributed by atoms with E-state index in [4.69, 9.17) is 0 Å². The Morgan fingerprint density at radius 2 is 2.06 bits per heavy atom. The highest BCUT2D eigenvalue weighted by molar-refractivity contribution is 9.10. The van der Waals surface area contributed by atoms with E-state index in [1.165, 1.54) is 0 Å². The Hall–Kier alpha value is -1.13. The summed E-state index contributed by atoms with van der Waals surface area (Å²) >= 11 is 5.12. The molecular formula is C14H14BrNOS. The molecule has 1 heterocycles. The number of hydrogen-bond acceptors (Lipinski definition) is 2. The van der Waals surface area contributed by atoms with Gasteiger partial charge in [-0.05, 0) is 23.1 Å². The molecule has 4 heteroatoms. The van der Waals surface area contributed by atoms with Gasteiger partial charge in [0, 0.05) is 22.9 Å². The van der Waals surface area contributed by atoms with Gasteiger partial charge in [-0.15, -0.1) is 11.3 Å². The topological polar surface area (TPSA) is 20.3 Å². The van der Waals surface area contributed by atoms with Crippen LogP contribution in [0, 0.1) is 0 Å². The highest BCUT2D eigenvalue weighted by Gasteiger charge is 2.11. The largest absolute Gasteiger partial charge is 0.341 e. The molecule has 0 spiro atoms. The van der Waals surface area contributed by atoms with Crippen molar-refractivity contribution in [3.05, 3.63) is 56.7 Å². The fourth-order valence-electron chi connectivity index (χ4n) is 1.67. The molecule has 0 aliphatic carbocycles. The molecule has 0 unspecified atom stereocenters. The second-order valence-corrected chi connectivity index (χ2v) is 5.98. The van der Waals surface area contributed by atoms with Crippen molar-refractivity contribution in [2.24, 2.45) is 0 Å². The van der Waals surface area contributed by atoms with Gasteiger partial charge in [0.2, 0.25) is 5.91 Å². The molecule has 1 amide bonds. The van der Waals surface area contributed by atoms with Crippen LogP contribution in [0.25, 0.3) is 0 Å². The molecule has 0 atom stereocenters. The molecule has 0 bridgehead atoms. The first-order valence-electron chi connectivity index (χ1n) is 5.66. The third-order valence-electron chi connectivity index (χ3n) is 2.70. The lowest BCUT2D eigenvalue weighted by Gasteiger charge is -2.17. The molecule has 0 aliphatic rings. The van der Waals surface area contributed by atoms with E-state index in [-0.39, 0.29) is 5.91 Å². The van der Waals surface area contributed by atoms with Crippen LogP contribution in [0.5, 0.6) is 0 Å². The summed E-state index contributed by atoms with van der Waals surface area (Å²) < 4.78 is 1.04. The van der Waals surface area contributed by atoms with E-state index >= 15 is 0 Å². The first kappa shape index (κ1) is 13.3. The third-order valence-corrected chi connectivity index (χ3v) is 4.35. The number of rotatable bonds is 4. The van der Waals surface area contributed by atoms with Crippen LogP contribution in [0.1, 0.15) is 10.4 Å². The fraction of sp³-hybridized carbons (Fsp3) is 0.214. The van der Waals surface area contributed by atoms with E-state index in [2.05, 4.69) is 15.9 Å². The average Bonchev–Trinajstić information content (AvgIpc) is 2.84. The number of nitrogens with zero attached hydrogens (tertiary/aromatic N) is 1. The Bertz CT molecular complexity index is 524. The van der Waals surface area contributed by atoms with E-state index in [1.54, 1.807) is 16.2 Å². The summed E-state index contributed by atoms with van der Waals surface area (Å²) in [5, 5.41) is 2.00. The summed E-state index contributed by atoms with van der Waals surface area (Å²) in [6, 6.07) is 11.9. The molecule has 2 rings (SSSR count). The van der Waals surface area contributed by atoms with E-state index in [0.29, 0.717) is 13.0 Å². The Labute approximate surface area is 119 Å². The van der Waals surface area contributed by atoms with Crippen LogP contribution in [0.3, 0.4) is 0 Å². The Morgan fingerprint density at radius 3 is 2.72 bits per heavy atom. The van der Waals surface area contributed by atoms with Gasteiger partial charge in [-0.25, -0.2) is 0 Å². The number of amides is 1. The molecule has 0 aliphatic heterocycles. The molecule has 0 saturated carbocycles. The number of thiophene rings is 1. The van der Waals surface area contributed by atoms with Crippen molar-refractivity contribution in [2.75, 3.05) is 7.05 Å². The van der Waals surface area contributed by atoms with Crippen molar-refractivity contribution in [3.63, 3.8) is 0 Å². The van der Waals surface area contributed by atoms with Gasteiger partial charge in [-0.2, -0.15) is 0 Å². The van der Waals surface area contributed by atoms with Gasteiger partial charge in [0.15, 0.2) is 0 Å². The van der Waals surface area contributed by atoms with Crippen LogP contribution in [-0.4, -0.2) is 17.9 Å². The van der Waals surface area contributed by atoms with Crippen LogP contribution in [0.2, 0.25) is 0 Å². The maximum absolute atomic E-state index is 12.0. The SMILES string of the molecule is CN(Cc1ccccc1Br)C(=O)Cc1cccs1. The molecule has 18 heavy (non-hydrogen) atoms. The Kier molecular flexibility index (Phi) is 4.55. The molecule has 0 saturated heterocycles. The number of hydrogen-bond donors (Lipinski definition) is 0. The average molecular weight is 324 g/mol. The zero-order chi connectivity index (χ0) is 13.0. The summed E-state index contributed by atoms with van der Waals surface area (Å²) in [6.45, 7) is 0.631. The minimum atomic E-state index is 0.146. The minimum Gasteiger partial charge on any atom is -0.341 e. The predicted octanol–water partition coefficient (Wildman–Crippen LogP) is 3.71. The second-order valence-electron chi connectivity index (χ2n) is 4.10. The van der Waals surface area contributed by atoms with Crippen LogP contribution < -0.4 is 0 Å². The lowest BCUT2D eigenvalue weighted by atomic mass is 10.2. The second kappa shape index (κ2) is 6.16. The number of halogens is 1. The summed E-state index contributed by atoms with van der Waals surface area (Å²) in [5.74, 6) is 0.146. The molecule has 0 N–H and O–H groups in total. The first-order chi connectivity index (χ1) is 8.66. The maximum atomic E-state index is 12.0. The standard InChI is InChI=1S/C14H14BrNOS/c1-16(10-11-5-2-3-7-13(11)15)14(17)9-12-6-4-8-18-12/h2-8H,9-10H2,1H3. The Morgan fingerprint density at radius 1 is 1.28 bits per heavy atom. The van der Waals surface area contributed by atoms with Crippen LogP contribution >= 0.6 is 27.3 Å². The summed E-state index contributed by atoms with van der Waals surface area (Å²) in [5.41, 5.74) is 1.12. The van der Waals surface area contributed by atoms with Crippen LogP contribution in [-0.2, 0) is 17.8 Å². The minimum absolute atomic E-state index is 0.146. The van der Waals surface area contributed by atoms with Crippen molar-refractivity contribution >= 4 is 33.2 Å². The zero-order valence-electron chi connectivity index (χ0n) is 10.1. The highest BCUT2D eigenvalue weighted by atomic mass is 79.9. The molecule has 2 aromatic rings. The first-order valence-corrected chi connectivity index (χ1v) is 7.34. The maximum Gasteiger partial charge on any atom is 0.227 e. The number of carbonyl (C=O) groups excluding carboxylic acids is 1. The van der Waals surface area contributed by atoms with Crippen molar-refractivity contribution < 1.29 is 4.79 Å². The molecule has 1 aromatic heterocycles. The monoisotopic (exact) mass is 323 g/mol. The fourth-order valence-corrected chi connectivity index (χ4v) is 2.77. The van der Waals surface area contributed by atoms with Crippen molar-refractivity contribution in [2.45, 2.75) is 13.0 Å². The van der Waals surface area contributed by atoms with Gasteiger partial charge in [0.05, 0.1) is 6.42 Å². The number of likely N-dealkylation sites (N-methyl/N-ethyl adjacent to an activating group) is 1. The molecule has 1 aromatic carbocycles. The van der Waals surface area contributed by atoms with Crippen LogP contribution in [0.15, 0.2) is 46.3 Å². The van der Waals surface area contributed by atoms with Gasteiger partial charge in [-0.1, -0.05) is 40.2 Å². The van der Waals surface area contributed by atoms with Gasteiger partial charge in [-0.3, -0.25) is 4.79 Å². The van der Waals surface area contributed by atoms with Crippen molar-refractivity contribution in [3.8, 4) is 0 Å². The number of carbonyl (C=O) groups is 1. The van der Waals surface area contributed by atoms with E-state index in [9.17, 15) is 4.79 Å². The highest BCUT2D eigenvalue weighted by Crippen LogP contribution is 2.18. The molecule has 0 fully saturated rings. The summed E-state index contributed by atoms with van der Waals surface area (Å²) in [7, 11) is 1.84. The normalized spacial score (nSPS) is 10.3.